The predicted octanol–water partition coefficient (Wildman–Crippen LogP) is 3.15. The first kappa shape index (κ1) is 24.3. The maximum absolute atomic E-state index is 13.0. The Bertz CT molecular complexity index is 1130. The van der Waals surface area contributed by atoms with Gasteiger partial charge in [0, 0.05) is 44.9 Å². The largest absolute Gasteiger partial charge is 0.480 e. The molecule has 0 N–H and O–H groups in total. The molecular weight excluding hydrogens is 456 g/mol. The molecule has 0 bridgehead atoms. The van der Waals surface area contributed by atoms with E-state index < -0.39 is 0 Å². The summed E-state index contributed by atoms with van der Waals surface area (Å²) in [6.07, 6.45) is 10.4. The molecule has 190 valence electrons. The standard InChI is InChI=1S/C28H34N4O4/c1-35-26-23(18-29-27(30-26)36-2)7-8-24(33)32-14-11-28(19-32)9-12-31(13-10-28)25(34)17-20-15-21-5-3-4-6-22(21)16-20/h3-8,18,20H,9-17,19H2,1-2H3/b8-7+. The molecule has 1 aromatic heterocycles. The lowest BCUT2D eigenvalue weighted by atomic mass is 9.77. The van der Waals surface area contributed by atoms with Gasteiger partial charge in [0.2, 0.25) is 17.7 Å². The Morgan fingerprint density at radius 2 is 1.69 bits per heavy atom. The molecular formula is C28H34N4O4. The van der Waals surface area contributed by atoms with Gasteiger partial charge in [-0.25, -0.2) is 4.98 Å². The third-order valence-electron chi connectivity index (χ3n) is 8.07. The summed E-state index contributed by atoms with van der Waals surface area (Å²) in [6, 6.07) is 8.77. The molecule has 1 spiro atoms. The first-order valence-electron chi connectivity index (χ1n) is 12.8. The minimum atomic E-state index is -0.0240. The van der Waals surface area contributed by atoms with Crippen LogP contribution in [0.25, 0.3) is 6.08 Å². The molecule has 1 aliphatic carbocycles. The first-order chi connectivity index (χ1) is 17.5. The average molecular weight is 491 g/mol. The molecule has 0 radical (unpaired) electrons. The lowest BCUT2D eigenvalue weighted by Gasteiger charge is -2.39. The van der Waals surface area contributed by atoms with Crippen molar-refractivity contribution >= 4 is 17.9 Å². The number of carbonyl (C=O) groups is 2. The SMILES string of the molecule is COc1ncc(/C=C/C(=O)N2CCC3(CCN(C(=O)CC4Cc5ccccc5C4)CC3)C2)c(OC)n1. The van der Waals surface area contributed by atoms with E-state index in [4.69, 9.17) is 9.47 Å². The van der Waals surface area contributed by atoms with Crippen molar-refractivity contribution in [2.24, 2.45) is 11.3 Å². The zero-order valence-electron chi connectivity index (χ0n) is 21.1. The van der Waals surface area contributed by atoms with Crippen LogP contribution in [-0.2, 0) is 22.4 Å². The van der Waals surface area contributed by atoms with Crippen molar-refractivity contribution in [3.05, 3.63) is 53.2 Å². The summed E-state index contributed by atoms with van der Waals surface area (Å²) < 4.78 is 10.3. The van der Waals surface area contributed by atoms with E-state index in [0.29, 0.717) is 23.8 Å². The van der Waals surface area contributed by atoms with E-state index in [1.54, 1.807) is 18.3 Å². The molecule has 0 saturated carbocycles. The van der Waals surface area contributed by atoms with E-state index in [2.05, 4.69) is 39.1 Å². The van der Waals surface area contributed by atoms with Crippen LogP contribution < -0.4 is 9.47 Å². The fourth-order valence-corrected chi connectivity index (χ4v) is 5.94. The van der Waals surface area contributed by atoms with Crippen LogP contribution in [0.4, 0.5) is 0 Å². The molecule has 5 rings (SSSR count). The number of hydrogen-bond donors (Lipinski definition) is 0. The maximum atomic E-state index is 13.0. The van der Waals surface area contributed by atoms with Crippen LogP contribution in [0.15, 0.2) is 36.5 Å². The van der Waals surface area contributed by atoms with Gasteiger partial charge >= 0.3 is 6.01 Å². The number of fused-ring (bicyclic) bond motifs is 1. The van der Waals surface area contributed by atoms with Crippen molar-refractivity contribution in [2.45, 2.75) is 38.5 Å². The van der Waals surface area contributed by atoms with Crippen LogP contribution >= 0.6 is 0 Å². The molecule has 3 aliphatic rings. The summed E-state index contributed by atoms with van der Waals surface area (Å²) in [4.78, 5) is 38.1. The molecule has 2 aromatic rings. The van der Waals surface area contributed by atoms with Gasteiger partial charge in [-0.05, 0) is 60.6 Å². The van der Waals surface area contributed by atoms with E-state index in [1.165, 1.54) is 25.3 Å². The molecule has 2 fully saturated rings. The second-order valence-electron chi connectivity index (χ2n) is 10.3. The van der Waals surface area contributed by atoms with E-state index in [1.807, 2.05) is 4.90 Å². The number of benzene rings is 1. The van der Waals surface area contributed by atoms with Gasteiger partial charge in [0.15, 0.2) is 0 Å². The highest BCUT2D eigenvalue weighted by atomic mass is 16.5. The van der Waals surface area contributed by atoms with Gasteiger partial charge in [0.1, 0.15) is 0 Å². The second kappa shape index (κ2) is 10.3. The first-order valence-corrected chi connectivity index (χ1v) is 12.8. The van der Waals surface area contributed by atoms with Crippen LogP contribution in [-0.4, -0.2) is 72.0 Å². The summed E-state index contributed by atoms with van der Waals surface area (Å²) in [5.74, 6) is 1.05. The quantitative estimate of drug-likeness (QED) is 0.579. The minimum Gasteiger partial charge on any atom is -0.480 e. The Morgan fingerprint density at radius 1 is 1.03 bits per heavy atom. The van der Waals surface area contributed by atoms with Crippen molar-refractivity contribution in [3.8, 4) is 11.9 Å². The van der Waals surface area contributed by atoms with Gasteiger partial charge in [0.05, 0.1) is 19.8 Å². The highest BCUT2D eigenvalue weighted by molar-refractivity contribution is 5.92. The van der Waals surface area contributed by atoms with Crippen LogP contribution in [0.5, 0.6) is 11.9 Å². The maximum Gasteiger partial charge on any atom is 0.319 e. The van der Waals surface area contributed by atoms with Crippen molar-refractivity contribution in [2.75, 3.05) is 40.4 Å². The van der Waals surface area contributed by atoms with E-state index in [0.717, 1.165) is 58.3 Å². The number of rotatable bonds is 6. The fourth-order valence-electron chi connectivity index (χ4n) is 5.94. The number of carbonyl (C=O) groups excluding carboxylic acids is 2. The van der Waals surface area contributed by atoms with Crippen LogP contribution in [0.1, 0.15) is 42.4 Å². The van der Waals surface area contributed by atoms with Gasteiger partial charge in [-0.3, -0.25) is 9.59 Å². The normalized spacial score (nSPS) is 19.2. The molecule has 36 heavy (non-hydrogen) atoms. The molecule has 8 nitrogen and oxygen atoms in total. The van der Waals surface area contributed by atoms with Gasteiger partial charge in [-0.2, -0.15) is 4.98 Å². The van der Waals surface area contributed by atoms with Gasteiger partial charge in [0.25, 0.3) is 0 Å². The number of likely N-dealkylation sites (tertiary alicyclic amines) is 2. The number of ether oxygens (including phenoxy) is 2. The number of methoxy groups -OCH3 is 2. The van der Waals surface area contributed by atoms with Gasteiger partial charge < -0.3 is 19.3 Å². The third kappa shape index (κ3) is 5.08. The second-order valence-corrected chi connectivity index (χ2v) is 10.3. The highest BCUT2D eigenvalue weighted by Crippen LogP contribution is 2.41. The van der Waals surface area contributed by atoms with E-state index in [-0.39, 0.29) is 23.2 Å². The molecule has 2 amide bonds. The molecule has 1 aromatic carbocycles. The van der Waals surface area contributed by atoms with E-state index in [9.17, 15) is 9.59 Å². The number of piperidine rings is 1. The van der Waals surface area contributed by atoms with Crippen molar-refractivity contribution in [1.29, 1.82) is 0 Å². The predicted molar refractivity (Wildman–Crippen MR) is 136 cm³/mol. The number of aromatic nitrogens is 2. The zero-order valence-corrected chi connectivity index (χ0v) is 21.1. The minimum absolute atomic E-state index is 0.0240. The summed E-state index contributed by atoms with van der Waals surface area (Å²) in [5.41, 5.74) is 3.54. The number of nitrogens with zero attached hydrogens (tertiary/aromatic N) is 4. The highest BCUT2D eigenvalue weighted by Gasteiger charge is 2.42. The third-order valence-corrected chi connectivity index (χ3v) is 8.07. The molecule has 8 heteroatoms. The Labute approximate surface area is 212 Å². The summed E-state index contributed by atoms with van der Waals surface area (Å²) in [5, 5.41) is 0. The van der Waals surface area contributed by atoms with Crippen LogP contribution in [0.3, 0.4) is 0 Å². The van der Waals surface area contributed by atoms with Crippen molar-refractivity contribution < 1.29 is 19.1 Å². The smallest absolute Gasteiger partial charge is 0.319 e. The fraction of sp³-hybridized carbons (Fsp3) is 0.500. The summed E-state index contributed by atoms with van der Waals surface area (Å²) >= 11 is 0. The Balaban J connectivity index is 1.11. The Hall–Kier alpha value is -3.42. The van der Waals surface area contributed by atoms with E-state index >= 15 is 0 Å². The Morgan fingerprint density at radius 3 is 2.33 bits per heavy atom. The lowest BCUT2D eigenvalue weighted by Crippen LogP contribution is -2.45. The number of amides is 2. The molecule has 2 saturated heterocycles. The molecule has 0 atom stereocenters. The van der Waals surface area contributed by atoms with Crippen molar-refractivity contribution in [1.82, 2.24) is 19.8 Å². The van der Waals surface area contributed by atoms with Gasteiger partial charge in [-0.15, -0.1) is 0 Å². The van der Waals surface area contributed by atoms with Crippen molar-refractivity contribution in [3.63, 3.8) is 0 Å². The molecule has 2 aliphatic heterocycles. The Kier molecular flexibility index (Phi) is 6.94. The monoisotopic (exact) mass is 490 g/mol. The summed E-state index contributed by atoms with van der Waals surface area (Å²) in [6.45, 7) is 3.06. The topological polar surface area (TPSA) is 84.9 Å². The van der Waals surface area contributed by atoms with Gasteiger partial charge in [-0.1, -0.05) is 24.3 Å². The summed E-state index contributed by atoms with van der Waals surface area (Å²) in [7, 11) is 3.02. The lowest BCUT2D eigenvalue weighted by molar-refractivity contribution is -0.135. The van der Waals surface area contributed by atoms with Crippen LogP contribution in [0, 0.1) is 11.3 Å². The molecule has 0 unspecified atom stereocenters. The molecule has 3 heterocycles. The van der Waals surface area contributed by atoms with Crippen LogP contribution in [0.2, 0.25) is 0 Å². The average Bonchev–Trinajstić information content (AvgIpc) is 3.51. The number of hydrogen-bond acceptors (Lipinski definition) is 6. The zero-order chi connectivity index (χ0) is 25.1.